The molecule has 2 atom stereocenters. The molecule has 0 aliphatic carbocycles. The number of piperazine rings is 1. The van der Waals surface area contributed by atoms with Gasteiger partial charge in [-0.25, -0.2) is 0 Å². The number of aliphatic hydroxyl groups is 1. The maximum atomic E-state index is 12.0. The molecular formula is C18H28N2O3. The van der Waals surface area contributed by atoms with E-state index in [0.717, 1.165) is 23.4 Å². The Hall–Kier alpha value is -1.59. The first kappa shape index (κ1) is 17.8. The molecule has 0 bridgehead atoms. The fourth-order valence-electron chi connectivity index (χ4n) is 3.19. The van der Waals surface area contributed by atoms with Gasteiger partial charge in [0.05, 0.1) is 6.04 Å². The van der Waals surface area contributed by atoms with Crippen molar-refractivity contribution in [3.63, 3.8) is 0 Å². The highest BCUT2D eigenvalue weighted by Crippen LogP contribution is 2.22. The number of aryl methyl sites for hydroxylation is 2. The summed E-state index contributed by atoms with van der Waals surface area (Å²) in [6.45, 7) is 10.1. The van der Waals surface area contributed by atoms with E-state index in [-0.39, 0.29) is 24.5 Å². The van der Waals surface area contributed by atoms with Crippen molar-refractivity contribution in [3.8, 4) is 5.75 Å². The molecule has 1 aliphatic rings. The van der Waals surface area contributed by atoms with Crippen LogP contribution in [-0.4, -0.2) is 54.3 Å². The zero-order valence-corrected chi connectivity index (χ0v) is 14.5. The van der Waals surface area contributed by atoms with E-state index in [1.807, 2.05) is 45.9 Å². The van der Waals surface area contributed by atoms with E-state index >= 15 is 0 Å². The smallest absolute Gasteiger partial charge is 0.237 e. The van der Waals surface area contributed by atoms with Crippen LogP contribution in [0, 0.1) is 19.8 Å². The van der Waals surface area contributed by atoms with Crippen molar-refractivity contribution in [2.24, 2.45) is 5.92 Å². The number of nitrogens with one attached hydrogen (secondary N) is 1. The average molecular weight is 320 g/mol. The van der Waals surface area contributed by atoms with E-state index in [2.05, 4.69) is 10.2 Å². The number of nitrogens with zero attached hydrogens (tertiary/aromatic N) is 1. The standard InChI is InChI=1S/C18H28N2O3/c1-12(2)16-18(22)19-8-9-20(16)10-15(21)11-23-17-13(3)6-5-7-14(17)4/h5-7,12,15-16,21H,8-11H2,1-4H3,(H,19,22). The molecule has 1 aromatic rings. The van der Waals surface area contributed by atoms with Gasteiger partial charge in [0.2, 0.25) is 5.91 Å². The normalized spacial score (nSPS) is 20.4. The predicted octanol–water partition coefficient (Wildman–Crippen LogP) is 1.50. The quantitative estimate of drug-likeness (QED) is 0.834. The SMILES string of the molecule is Cc1cccc(C)c1OCC(O)CN1CCNC(=O)C1C(C)C. The van der Waals surface area contributed by atoms with E-state index in [9.17, 15) is 9.90 Å². The fourth-order valence-corrected chi connectivity index (χ4v) is 3.19. The van der Waals surface area contributed by atoms with E-state index in [0.29, 0.717) is 13.1 Å². The van der Waals surface area contributed by atoms with E-state index in [1.54, 1.807) is 0 Å². The third kappa shape index (κ3) is 4.45. The third-order valence-corrected chi connectivity index (χ3v) is 4.27. The van der Waals surface area contributed by atoms with E-state index < -0.39 is 6.10 Å². The van der Waals surface area contributed by atoms with Crippen LogP contribution in [0.4, 0.5) is 0 Å². The lowest BCUT2D eigenvalue weighted by molar-refractivity contribution is -0.131. The largest absolute Gasteiger partial charge is 0.490 e. The topological polar surface area (TPSA) is 61.8 Å². The number of aliphatic hydroxyl groups excluding tert-OH is 1. The molecule has 0 saturated carbocycles. The van der Waals surface area contributed by atoms with Crippen molar-refractivity contribution in [2.75, 3.05) is 26.2 Å². The van der Waals surface area contributed by atoms with Gasteiger partial charge in [-0.3, -0.25) is 9.69 Å². The second kappa shape index (κ2) is 7.79. The lowest BCUT2D eigenvalue weighted by atomic mass is 9.99. The summed E-state index contributed by atoms with van der Waals surface area (Å²) in [7, 11) is 0. The minimum atomic E-state index is -0.624. The monoisotopic (exact) mass is 320 g/mol. The number of benzene rings is 1. The van der Waals surface area contributed by atoms with Gasteiger partial charge in [0.1, 0.15) is 18.5 Å². The molecule has 0 aromatic heterocycles. The third-order valence-electron chi connectivity index (χ3n) is 4.27. The van der Waals surface area contributed by atoms with Gasteiger partial charge in [-0.1, -0.05) is 32.0 Å². The lowest BCUT2D eigenvalue weighted by Crippen LogP contribution is -2.59. The van der Waals surface area contributed by atoms with Gasteiger partial charge in [0.15, 0.2) is 0 Å². The number of rotatable bonds is 6. The van der Waals surface area contributed by atoms with Crippen LogP contribution < -0.4 is 10.1 Å². The van der Waals surface area contributed by atoms with Gasteiger partial charge >= 0.3 is 0 Å². The molecule has 1 amide bonds. The summed E-state index contributed by atoms with van der Waals surface area (Å²) in [5, 5.41) is 13.2. The van der Waals surface area contributed by atoms with Crippen LogP contribution in [0.5, 0.6) is 5.75 Å². The first-order chi connectivity index (χ1) is 10.9. The van der Waals surface area contributed by atoms with E-state index in [1.165, 1.54) is 0 Å². The van der Waals surface area contributed by atoms with Crippen molar-refractivity contribution in [2.45, 2.75) is 39.8 Å². The number of β-amino-alcohol motifs (C(OH)–C–C–N with tert-alkyl or cyclic N) is 1. The highest BCUT2D eigenvalue weighted by Gasteiger charge is 2.33. The Bertz CT molecular complexity index is 525. The molecule has 5 heteroatoms. The van der Waals surface area contributed by atoms with Crippen molar-refractivity contribution in [1.82, 2.24) is 10.2 Å². The van der Waals surface area contributed by atoms with Gasteiger partial charge in [-0.2, -0.15) is 0 Å². The number of hydrogen-bond acceptors (Lipinski definition) is 4. The highest BCUT2D eigenvalue weighted by atomic mass is 16.5. The Morgan fingerprint density at radius 1 is 1.35 bits per heavy atom. The zero-order valence-electron chi connectivity index (χ0n) is 14.5. The summed E-state index contributed by atoms with van der Waals surface area (Å²) in [4.78, 5) is 14.1. The van der Waals surface area contributed by atoms with Gasteiger partial charge in [0, 0.05) is 19.6 Å². The highest BCUT2D eigenvalue weighted by molar-refractivity contribution is 5.82. The maximum absolute atomic E-state index is 12.0. The summed E-state index contributed by atoms with van der Waals surface area (Å²) in [6, 6.07) is 5.81. The summed E-state index contributed by atoms with van der Waals surface area (Å²) < 4.78 is 5.82. The molecule has 5 nitrogen and oxygen atoms in total. The second-order valence-electron chi connectivity index (χ2n) is 6.66. The molecule has 1 aromatic carbocycles. The molecule has 1 saturated heterocycles. The summed E-state index contributed by atoms with van der Waals surface area (Å²) in [5.74, 6) is 1.10. The summed E-state index contributed by atoms with van der Waals surface area (Å²) >= 11 is 0. The second-order valence-corrected chi connectivity index (χ2v) is 6.66. The van der Waals surface area contributed by atoms with Crippen LogP contribution in [-0.2, 0) is 4.79 Å². The molecule has 2 unspecified atom stereocenters. The molecule has 23 heavy (non-hydrogen) atoms. The molecule has 0 radical (unpaired) electrons. The predicted molar refractivity (Wildman–Crippen MR) is 90.6 cm³/mol. The Labute approximate surface area is 138 Å². The minimum Gasteiger partial charge on any atom is -0.490 e. The Morgan fingerprint density at radius 2 is 2.00 bits per heavy atom. The summed E-state index contributed by atoms with van der Waals surface area (Å²) in [5.41, 5.74) is 2.13. The molecule has 1 heterocycles. The molecule has 128 valence electrons. The van der Waals surface area contributed by atoms with Crippen molar-refractivity contribution in [3.05, 3.63) is 29.3 Å². The van der Waals surface area contributed by atoms with Gasteiger partial charge in [-0.15, -0.1) is 0 Å². The number of amides is 1. The molecule has 0 spiro atoms. The first-order valence-electron chi connectivity index (χ1n) is 8.29. The van der Waals surface area contributed by atoms with Crippen LogP contribution in [0.1, 0.15) is 25.0 Å². The Kier molecular flexibility index (Phi) is 6.02. The number of carbonyl (C=O) groups excluding carboxylic acids is 1. The Morgan fingerprint density at radius 3 is 2.61 bits per heavy atom. The maximum Gasteiger partial charge on any atom is 0.237 e. The van der Waals surface area contributed by atoms with Crippen LogP contribution in [0.3, 0.4) is 0 Å². The number of carbonyl (C=O) groups is 1. The van der Waals surface area contributed by atoms with Crippen molar-refractivity contribution < 1.29 is 14.6 Å². The van der Waals surface area contributed by atoms with Crippen LogP contribution in [0.15, 0.2) is 18.2 Å². The van der Waals surface area contributed by atoms with Crippen LogP contribution in [0.2, 0.25) is 0 Å². The number of para-hydroxylation sites is 1. The zero-order chi connectivity index (χ0) is 17.0. The lowest BCUT2D eigenvalue weighted by Gasteiger charge is -2.38. The minimum absolute atomic E-state index is 0.0501. The van der Waals surface area contributed by atoms with Gasteiger partial charge in [0.25, 0.3) is 0 Å². The van der Waals surface area contributed by atoms with Crippen LogP contribution >= 0.6 is 0 Å². The molecular weight excluding hydrogens is 292 g/mol. The number of hydrogen-bond donors (Lipinski definition) is 2. The van der Waals surface area contributed by atoms with E-state index in [4.69, 9.17) is 4.74 Å². The molecule has 2 rings (SSSR count). The van der Waals surface area contributed by atoms with Crippen molar-refractivity contribution in [1.29, 1.82) is 0 Å². The fraction of sp³-hybridized carbons (Fsp3) is 0.611. The number of ether oxygens (including phenoxy) is 1. The average Bonchev–Trinajstić information content (AvgIpc) is 2.46. The summed E-state index contributed by atoms with van der Waals surface area (Å²) in [6.07, 6.45) is -0.624. The first-order valence-corrected chi connectivity index (χ1v) is 8.29. The molecule has 2 N–H and O–H groups in total. The van der Waals surface area contributed by atoms with Crippen LogP contribution in [0.25, 0.3) is 0 Å². The van der Waals surface area contributed by atoms with Crippen molar-refractivity contribution >= 4 is 5.91 Å². The van der Waals surface area contributed by atoms with Gasteiger partial charge in [-0.05, 0) is 30.9 Å². The molecule has 1 aliphatic heterocycles. The Balaban J connectivity index is 1.93. The van der Waals surface area contributed by atoms with Gasteiger partial charge < -0.3 is 15.2 Å². The molecule has 1 fully saturated rings.